The maximum atomic E-state index is 12.5. The molecule has 40 heavy (non-hydrogen) atoms. The molecular weight excluding hydrogens is 532 g/mol. The Hall–Kier alpha value is -1.09. The van der Waals surface area contributed by atoms with Gasteiger partial charge in [0, 0.05) is 37.7 Å². The zero-order valence-corrected chi connectivity index (χ0v) is 22.6. The van der Waals surface area contributed by atoms with Gasteiger partial charge in [-0.2, -0.15) is 0 Å². The molecule has 2 heterocycles. The average Bonchev–Trinajstić information content (AvgIpc) is 2.93. The molecule has 0 spiro atoms. The van der Waals surface area contributed by atoms with Gasteiger partial charge in [0.05, 0.1) is 37.0 Å². The minimum atomic E-state index is -1.53. The monoisotopic (exact) mass is 580 g/mol. The molecule has 0 aromatic rings. The number of nitrogens with two attached hydrogens (primary N) is 4. The highest BCUT2D eigenvalue weighted by Crippen LogP contribution is 2.36. The van der Waals surface area contributed by atoms with Crippen LogP contribution < -0.4 is 33.6 Å². The van der Waals surface area contributed by atoms with Crippen LogP contribution in [0.3, 0.4) is 0 Å². The molecule has 2 saturated heterocycles. The van der Waals surface area contributed by atoms with Gasteiger partial charge < -0.3 is 78.4 Å². The number of hydrogen-bond acceptors (Lipinski definition) is 15. The smallest absolute Gasteiger partial charge is 0.250 e. The molecule has 2 aliphatic heterocycles. The molecule has 14 atom stereocenters. The van der Waals surface area contributed by atoms with E-state index in [0.29, 0.717) is 32.4 Å². The summed E-state index contributed by atoms with van der Waals surface area (Å²) in [4.78, 5) is 12.5. The van der Waals surface area contributed by atoms with Gasteiger partial charge in [-0.3, -0.25) is 4.79 Å². The summed E-state index contributed by atoms with van der Waals surface area (Å²) >= 11 is 0. The van der Waals surface area contributed by atoms with E-state index in [0.717, 1.165) is 0 Å². The second-order valence-electron chi connectivity index (χ2n) is 11.0. The van der Waals surface area contributed by atoms with Crippen LogP contribution in [0.1, 0.15) is 25.7 Å². The topological polar surface area (TPSA) is 294 Å². The van der Waals surface area contributed by atoms with Gasteiger partial charge in [0.15, 0.2) is 6.29 Å². The van der Waals surface area contributed by atoms with Gasteiger partial charge in [-0.15, -0.1) is 0 Å². The van der Waals surface area contributed by atoms with Crippen LogP contribution in [0.4, 0.5) is 0 Å². The lowest BCUT2D eigenvalue weighted by Gasteiger charge is -2.51. The molecule has 234 valence electrons. The number of nitrogens with one attached hydrogen (secondary N) is 2. The number of aliphatic hydroxyl groups is 6. The quantitative estimate of drug-likeness (QED) is 0.0955. The highest BCUT2D eigenvalue weighted by molar-refractivity contribution is 5.81. The summed E-state index contributed by atoms with van der Waals surface area (Å²) in [5.74, 6) is -1.55. The molecule has 3 aliphatic rings. The molecule has 3 rings (SSSR count). The van der Waals surface area contributed by atoms with Gasteiger partial charge >= 0.3 is 0 Å². The molecule has 14 unspecified atom stereocenters. The van der Waals surface area contributed by atoms with Crippen molar-refractivity contribution in [2.75, 3.05) is 32.8 Å². The Morgan fingerprint density at radius 1 is 1.02 bits per heavy atom. The maximum Gasteiger partial charge on any atom is 0.250 e. The molecule has 0 bridgehead atoms. The Kier molecular flexibility index (Phi) is 12.9. The highest BCUT2D eigenvalue weighted by atomic mass is 16.7. The van der Waals surface area contributed by atoms with E-state index in [-0.39, 0.29) is 25.7 Å². The van der Waals surface area contributed by atoms with Crippen molar-refractivity contribution in [3.8, 4) is 0 Å². The third kappa shape index (κ3) is 7.84. The van der Waals surface area contributed by atoms with Gasteiger partial charge in [-0.1, -0.05) is 0 Å². The third-order valence-corrected chi connectivity index (χ3v) is 8.09. The summed E-state index contributed by atoms with van der Waals surface area (Å²) in [6.45, 7) is 0.249. The number of amides is 1. The number of ether oxygens (including phenoxy) is 3. The number of rotatable bonds is 12. The first-order valence-electron chi connectivity index (χ1n) is 13.9. The summed E-state index contributed by atoms with van der Waals surface area (Å²) < 4.78 is 17.9. The fourth-order valence-corrected chi connectivity index (χ4v) is 5.75. The van der Waals surface area contributed by atoms with Crippen LogP contribution in [0.25, 0.3) is 0 Å². The SMILES string of the molecule is NCC(O)C(=O)NC1CC(N)C(C2OC(CNCCCO)CCC2N)C(O)C1OC1OC(CO)C(O)C(N)C1O. The van der Waals surface area contributed by atoms with E-state index in [1.165, 1.54) is 0 Å². The molecule has 16 nitrogen and oxygen atoms in total. The van der Waals surface area contributed by atoms with E-state index in [4.69, 9.17) is 42.3 Å². The normalized spacial score (nSPS) is 43.3. The Labute approximate surface area is 233 Å². The van der Waals surface area contributed by atoms with E-state index < -0.39 is 91.6 Å². The summed E-state index contributed by atoms with van der Waals surface area (Å²) in [6.07, 6.45) is -8.60. The first-order valence-corrected chi connectivity index (χ1v) is 13.9. The van der Waals surface area contributed by atoms with Crippen molar-refractivity contribution in [2.45, 2.75) is 105 Å². The van der Waals surface area contributed by atoms with Crippen LogP contribution >= 0.6 is 0 Å². The van der Waals surface area contributed by atoms with Crippen molar-refractivity contribution in [3.05, 3.63) is 0 Å². The van der Waals surface area contributed by atoms with Crippen molar-refractivity contribution >= 4 is 5.91 Å². The Balaban J connectivity index is 1.82. The minimum absolute atomic E-state index is 0.0683. The fraction of sp³-hybridized carbons (Fsp3) is 0.958. The van der Waals surface area contributed by atoms with Gasteiger partial charge in [-0.05, 0) is 32.2 Å². The van der Waals surface area contributed by atoms with Crippen LogP contribution in [0, 0.1) is 5.92 Å². The molecule has 0 radical (unpaired) electrons. The highest BCUT2D eigenvalue weighted by Gasteiger charge is 2.53. The van der Waals surface area contributed by atoms with Crippen molar-refractivity contribution in [1.82, 2.24) is 10.6 Å². The summed E-state index contributed by atoms with van der Waals surface area (Å²) in [6, 6.07) is -3.34. The first kappa shape index (κ1) is 33.4. The molecule has 1 saturated carbocycles. The first-order chi connectivity index (χ1) is 19.0. The largest absolute Gasteiger partial charge is 0.396 e. The van der Waals surface area contributed by atoms with E-state index in [9.17, 15) is 30.3 Å². The van der Waals surface area contributed by atoms with Crippen molar-refractivity contribution in [2.24, 2.45) is 28.9 Å². The van der Waals surface area contributed by atoms with Crippen LogP contribution in [-0.4, -0.2) is 149 Å². The molecule has 1 aliphatic carbocycles. The average molecular weight is 581 g/mol. The van der Waals surface area contributed by atoms with Gasteiger partial charge in [0.2, 0.25) is 5.91 Å². The second kappa shape index (κ2) is 15.4. The van der Waals surface area contributed by atoms with Crippen molar-refractivity contribution in [1.29, 1.82) is 0 Å². The Morgan fingerprint density at radius 2 is 1.75 bits per heavy atom. The van der Waals surface area contributed by atoms with Crippen LogP contribution in [-0.2, 0) is 19.0 Å². The van der Waals surface area contributed by atoms with E-state index >= 15 is 0 Å². The molecule has 3 fully saturated rings. The standard InChI is InChI=1S/C24H48N6O10/c25-7-14(33)23(37)30-13-6-12(27)16(21-11(26)3-2-10(38-21)8-29-4-1-5-31)19(35)22(13)40-24-20(36)17(28)18(34)15(9-32)39-24/h10-22,24,29,31-36H,1-9,25-28H2,(H,30,37). The lowest BCUT2D eigenvalue weighted by Crippen LogP contribution is -2.69. The zero-order valence-electron chi connectivity index (χ0n) is 22.6. The minimum Gasteiger partial charge on any atom is -0.396 e. The molecule has 0 aromatic carbocycles. The molecular formula is C24H48N6O10. The summed E-state index contributed by atoms with van der Waals surface area (Å²) in [5, 5.41) is 66.9. The Bertz CT molecular complexity index is 786. The van der Waals surface area contributed by atoms with Crippen molar-refractivity contribution in [3.63, 3.8) is 0 Å². The molecule has 0 aromatic heterocycles. The predicted molar refractivity (Wildman–Crippen MR) is 140 cm³/mol. The maximum absolute atomic E-state index is 12.5. The lowest BCUT2D eigenvalue weighted by atomic mass is 9.72. The Morgan fingerprint density at radius 3 is 2.40 bits per heavy atom. The van der Waals surface area contributed by atoms with E-state index in [2.05, 4.69) is 10.6 Å². The van der Waals surface area contributed by atoms with E-state index in [1.54, 1.807) is 0 Å². The molecule has 1 amide bonds. The third-order valence-electron chi connectivity index (χ3n) is 8.09. The van der Waals surface area contributed by atoms with E-state index in [1.807, 2.05) is 0 Å². The number of carbonyl (C=O) groups is 1. The van der Waals surface area contributed by atoms with Gasteiger partial charge in [0.1, 0.15) is 30.5 Å². The number of carbonyl (C=O) groups excluding carboxylic acids is 1. The van der Waals surface area contributed by atoms with Crippen LogP contribution in [0.5, 0.6) is 0 Å². The fourth-order valence-electron chi connectivity index (χ4n) is 5.75. The molecule has 16 heteroatoms. The lowest BCUT2D eigenvalue weighted by molar-refractivity contribution is -0.306. The summed E-state index contributed by atoms with van der Waals surface area (Å²) in [5.41, 5.74) is 24.3. The van der Waals surface area contributed by atoms with Gasteiger partial charge in [0.25, 0.3) is 0 Å². The van der Waals surface area contributed by atoms with Crippen LogP contribution in [0.15, 0.2) is 0 Å². The predicted octanol–water partition coefficient (Wildman–Crippen LogP) is -6.50. The number of aliphatic hydroxyl groups excluding tert-OH is 6. The second-order valence-corrected chi connectivity index (χ2v) is 11.0. The zero-order chi connectivity index (χ0) is 29.6. The van der Waals surface area contributed by atoms with Crippen molar-refractivity contribution < 1.29 is 49.6 Å². The molecule has 16 N–H and O–H groups in total. The van der Waals surface area contributed by atoms with Crippen LogP contribution in [0.2, 0.25) is 0 Å². The number of hydrogen-bond donors (Lipinski definition) is 12. The van der Waals surface area contributed by atoms with Gasteiger partial charge in [-0.25, -0.2) is 0 Å². The summed E-state index contributed by atoms with van der Waals surface area (Å²) in [7, 11) is 0.